The molecule has 12 atom stereocenters. The molecule has 0 aromatic carbocycles. The lowest BCUT2D eigenvalue weighted by molar-refractivity contribution is -0.284. The number of rotatable bonds is 6. The average Bonchev–Trinajstić information content (AvgIpc) is 3.50. The SMILES string of the molecule is CO[C@H]1C[C@H](O[C@@H]2CC[C@]3(/C=N\NC(N)=S)[C@H]4CC[C@]5(C)[C@H](C6=CC(=O)OC6)CC[C@]5(O)[C@@H]4CC[C@]3(O)C2)O[C@H](C)[C@H]1O. The second-order valence-electron chi connectivity index (χ2n) is 14.1. The number of ether oxygens (including phenoxy) is 4. The van der Waals surface area contributed by atoms with E-state index in [0.29, 0.717) is 51.6 Å². The molecular formula is C31H47N3O8S. The number of hydrogen-bond acceptors (Lipinski definition) is 10. The van der Waals surface area contributed by atoms with E-state index in [1.807, 2.05) is 13.1 Å². The monoisotopic (exact) mass is 621 g/mol. The van der Waals surface area contributed by atoms with Gasteiger partial charge in [-0.3, -0.25) is 5.43 Å². The zero-order valence-electron chi connectivity index (χ0n) is 25.4. The Morgan fingerprint density at radius 1 is 1.19 bits per heavy atom. The average molecular weight is 622 g/mol. The molecule has 11 nitrogen and oxygen atoms in total. The van der Waals surface area contributed by atoms with Crippen LogP contribution in [0.1, 0.15) is 78.1 Å². The Morgan fingerprint density at radius 2 is 1.95 bits per heavy atom. The standard InChI is InChI=1S/C31H47N3O8S/c1-17-26(36)23(39-3)13-25(41-17)42-19-4-9-29(16-33-34-27(32)43)21-5-8-28(2)20(18-12-24(35)40-15-18)7-11-31(28,38)22(21)6-10-30(29,37)14-19/h12,16-17,19-23,25-26,36-38H,4-11,13-15H2,1-3H3,(H3,32,34,43)/b33-16-/t17-,19-,20+,21+,22-,23+,25+,26-,28-,29+,30+,31+/m1/s1. The molecule has 2 aliphatic heterocycles. The van der Waals surface area contributed by atoms with Crippen LogP contribution in [0.2, 0.25) is 0 Å². The lowest BCUT2D eigenvalue weighted by Gasteiger charge is -2.66. The normalized spacial score (nSPS) is 49.5. The third-order valence-corrected chi connectivity index (χ3v) is 12.5. The van der Waals surface area contributed by atoms with Crippen LogP contribution in [-0.4, -0.2) is 88.2 Å². The van der Waals surface area contributed by atoms with Crippen molar-refractivity contribution in [2.45, 2.75) is 120 Å². The van der Waals surface area contributed by atoms with Crippen molar-refractivity contribution in [1.82, 2.24) is 5.43 Å². The van der Waals surface area contributed by atoms with Crippen molar-refractivity contribution in [2.24, 2.45) is 39.4 Å². The third kappa shape index (κ3) is 4.96. The summed E-state index contributed by atoms with van der Waals surface area (Å²) in [5.41, 5.74) is 6.21. The fourth-order valence-corrected chi connectivity index (χ4v) is 10.3. The molecule has 4 aliphatic carbocycles. The third-order valence-electron chi connectivity index (χ3n) is 12.4. The summed E-state index contributed by atoms with van der Waals surface area (Å²) in [6.45, 7) is 4.29. The van der Waals surface area contributed by atoms with Crippen LogP contribution < -0.4 is 11.2 Å². The molecule has 0 spiro atoms. The molecule has 6 rings (SSSR count). The molecule has 6 aliphatic rings. The Morgan fingerprint density at radius 3 is 2.65 bits per heavy atom. The maximum atomic E-state index is 12.6. The molecule has 0 aromatic heterocycles. The summed E-state index contributed by atoms with van der Waals surface area (Å²) >= 11 is 5.01. The van der Waals surface area contributed by atoms with Gasteiger partial charge in [0.2, 0.25) is 0 Å². The molecule has 0 aromatic rings. The van der Waals surface area contributed by atoms with E-state index in [4.69, 9.17) is 36.9 Å². The second-order valence-corrected chi connectivity index (χ2v) is 14.6. The van der Waals surface area contributed by atoms with Crippen LogP contribution in [0.5, 0.6) is 0 Å². The van der Waals surface area contributed by atoms with Crippen molar-refractivity contribution in [3.05, 3.63) is 11.6 Å². The van der Waals surface area contributed by atoms with Gasteiger partial charge in [-0.1, -0.05) is 6.92 Å². The van der Waals surface area contributed by atoms with Gasteiger partial charge in [0.05, 0.1) is 29.5 Å². The zero-order valence-corrected chi connectivity index (χ0v) is 26.2. The highest BCUT2D eigenvalue weighted by molar-refractivity contribution is 7.80. The number of aliphatic hydroxyl groups excluding tert-OH is 1. The van der Waals surface area contributed by atoms with Gasteiger partial charge < -0.3 is 40.0 Å². The summed E-state index contributed by atoms with van der Waals surface area (Å²) in [5, 5.41) is 40.1. The van der Waals surface area contributed by atoms with E-state index in [9.17, 15) is 20.1 Å². The van der Waals surface area contributed by atoms with E-state index in [1.165, 1.54) is 0 Å². The van der Waals surface area contributed by atoms with Crippen molar-refractivity contribution >= 4 is 29.5 Å². The quantitative estimate of drug-likeness (QED) is 0.0969. The lowest BCUT2D eigenvalue weighted by atomic mass is 9.41. The van der Waals surface area contributed by atoms with Crippen LogP contribution in [0.3, 0.4) is 0 Å². The van der Waals surface area contributed by atoms with Gasteiger partial charge in [0, 0.05) is 43.1 Å². The number of fused-ring (bicyclic) bond motifs is 5. The van der Waals surface area contributed by atoms with E-state index in [0.717, 1.165) is 24.8 Å². The molecule has 0 radical (unpaired) electrons. The summed E-state index contributed by atoms with van der Waals surface area (Å²) < 4.78 is 23.1. The van der Waals surface area contributed by atoms with Gasteiger partial charge in [-0.25, -0.2) is 4.79 Å². The molecule has 6 N–H and O–H groups in total. The van der Waals surface area contributed by atoms with Gasteiger partial charge in [0.25, 0.3) is 0 Å². The highest BCUT2D eigenvalue weighted by Gasteiger charge is 2.71. The number of carbonyl (C=O) groups is 1. The molecule has 1 saturated heterocycles. The molecular weight excluding hydrogens is 574 g/mol. The van der Waals surface area contributed by atoms with E-state index in [-0.39, 0.29) is 41.0 Å². The van der Waals surface area contributed by atoms with Crippen LogP contribution in [0.15, 0.2) is 16.8 Å². The second kappa shape index (κ2) is 11.3. The molecule has 43 heavy (non-hydrogen) atoms. The maximum absolute atomic E-state index is 12.6. The first-order valence-electron chi connectivity index (χ1n) is 15.8. The van der Waals surface area contributed by atoms with Gasteiger partial charge in [-0.05, 0) is 93.8 Å². The van der Waals surface area contributed by atoms with Crippen LogP contribution in [0.4, 0.5) is 0 Å². The maximum Gasteiger partial charge on any atom is 0.331 e. The molecule has 12 heteroatoms. The van der Waals surface area contributed by atoms with E-state index < -0.39 is 40.5 Å². The van der Waals surface area contributed by atoms with Gasteiger partial charge in [-0.15, -0.1) is 0 Å². The van der Waals surface area contributed by atoms with Crippen molar-refractivity contribution < 1.29 is 39.1 Å². The fourth-order valence-electron chi connectivity index (χ4n) is 10.2. The first-order chi connectivity index (χ1) is 20.4. The Bertz CT molecular complexity index is 1190. The molecule has 2 heterocycles. The van der Waals surface area contributed by atoms with Crippen molar-refractivity contribution in [2.75, 3.05) is 13.7 Å². The molecule has 5 fully saturated rings. The number of esters is 1. The van der Waals surface area contributed by atoms with Gasteiger partial charge in [0.15, 0.2) is 11.4 Å². The fraction of sp³-hybridized carbons (Fsp3) is 0.839. The van der Waals surface area contributed by atoms with Crippen molar-refractivity contribution in [3.63, 3.8) is 0 Å². The highest BCUT2D eigenvalue weighted by atomic mass is 32.1. The summed E-state index contributed by atoms with van der Waals surface area (Å²) in [6.07, 6.45) is 7.39. The Hall–Kier alpha value is -1.67. The van der Waals surface area contributed by atoms with Gasteiger partial charge >= 0.3 is 5.97 Å². The Balaban J connectivity index is 1.27. The summed E-state index contributed by atoms with van der Waals surface area (Å²) in [6, 6.07) is 0. The van der Waals surface area contributed by atoms with Gasteiger partial charge in [0.1, 0.15) is 12.7 Å². The minimum Gasteiger partial charge on any atom is -0.458 e. The minimum atomic E-state index is -1.13. The van der Waals surface area contributed by atoms with Crippen molar-refractivity contribution in [1.29, 1.82) is 0 Å². The van der Waals surface area contributed by atoms with Crippen LogP contribution in [-0.2, 0) is 23.7 Å². The number of aliphatic hydroxyl groups is 3. The predicted molar refractivity (Wildman–Crippen MR) is 161 cm³/mol. The number of hydrogen-bond donors (Lipinski definition) is 5. The summed E-state index contributed by atoms with van der Waals surface area (Å²) in [5.74, 6) is -0.277. The number of nitrogens with zero attached hydrogens (tertiary/aromatic N) is 1. The topological polar surface area (TPSA) is 165 Å². The largest absolute Gasteiger partial charge is 0.458 e. The number of carbonyl (C=O) groups excluding carboxylic acids is 1. The smallest absolute Gasteiger partial charge is 0.331 e. The first kappa shape index (κ1) is 31.3. The molecule has 0 unspecified atom stereocenters. The van der Waals surface area contributed by atoms with Crippen LogP contribution in [0.25, 0.3) is 0 Å². The number of cyclic esters (lactones) is 1. The highest BCUT2D eigenvalue weighted by Crippen LogP contribution is 2.70. The van der Waals surface area contributed by atoms with Gasteiger partial charge in [-0.2, -0.15) is 5.10 Å². The van der Waals surface area contributed by atoms with Crippen molar-refractivity contribution in [3.8, 4) is 0 Å². The summed E-state index contributed by atoms with van der Waals surface area (Å²) in [4.78, 5) is 11.9. The zero-order chi connectivity index (χ0) is 30.8. The number of nitrogens with one attached hydrogen (secondary N) is 1. The number of thiocarbonyl (C=S) groups is 1. The first-order valence-corrected chi connectivity index (χ1v) is 16.2. The lowest BCUT2D eigenvalue weighted by Crippen LogP contribution is -2.69. The minimum absolute atomic E-state index is 0.0182. The molecule has 0 bridgehead atoms. The van der Waals surface area contributed by atoms with Crippen LogP contribution in [0, 0.1) is 28.6 Å². The molecule has 0 amide bonds. The predicted octanol–water partition coefficient (Wildman–Crippen LogP) is 2.05. The van der Waals surface area contributed by atoms with E-state index >= 15 is 0 Å². The Labute approximate surface area is 258 Å². The number of nitrogens with two attached hydrogens (primary N) is 1. The molecule has 240 valence electrons. The van der Waals surface area contributed by atoms with E-state index in [2.05, 4.69) is 17.5 Å². The Kier molecular flexibility index (Phi) is 8.22. The number of methoxy groups -OCH3 is 1. The number of hydrazone groups is 1. The van der Waals surface area contributed by atoms with E-state index in [1.54, 1.807) is 13.2 Å². The van der Waals surface area contributed by atoms with Crippen LogP contribution >= 0.6 is 12.2 Å². The summed E-state index contributed by atoms with van der Waals surface area (Å²) in [7, 11) is 1.58. The molecule has 4 saturated carbocycles.